The Hall–Kier alpha value is -1.66. The summed E-state index contributed by atoms with van der Waals surface area (Å²) >= 11 is 0. The zero-order valence-corrected chi connectivity index (χ0v) is 9.97. The molecule has 1 aromatic heterocycles. The molecule has 6 nitrogen and oxygen atoms in total. The molecule has 1 aromatic rings. The van der Waals surface area contributed by atoms with Gasteiger partial charge in [-0.1, -0.05) is 0 Å². The van der Waals surface area contributed by atoms with E-state index in [0.29, 0.717) is 12.2 Å². The third-order valence-corrected chi connectivity index (χ3v) is 2.35. The monoisotopic (exact) mass is 239 g/mol. The van der Waals surface area contributed by atoms with E-state index >= 15 is 0 Å². The van der Waals surface area contributed by atoms with Crippen LogP contribution in [0.3, 0.4) is 0 Å². The Morgan fingerprint density at radius 2 is 2.35 bits per heavy atom. The number of pyridine rings is 1. The molecule has 1 atom stereocenters. The maximum atomic E-state index is 11.8. The van der Waals surface area contributed by atoms with E-state index in [1.165, 1.54) is 17.7 Å². The van der Waals surface area contributed by atoms with Crippen LogP contribution in [-0.4, -0.2) is 36.8 Å². The number of hydrogen-bond acceptors (Lipinski definition) is 4. The zero-order chi connectivity index (χ0) is 12.8. The van der Waals surface area contributed by atoms with E-state index in [0.717, 1.165) is 0 Å². The summed E-state index contributed by atoms with van der Waals surface area (Å²) in [6.45, 7) is 0.623. The second-order valence-electron chi connectivity index (χ2n) is 3.73. The molecule has 94 valence electrons. The molecule has 0 saturated heterocycles. The van der Waals surface area contributed by atoms with Crippen molar-refractivity contribution in [2.24, 2.45) is 12.8 Å². The molecule has 3 N–H and O–H groups in total. The summed E-state index contributed by atoms with van der Waals surface area (Å²) in [6.07, 6.45) is 1.55. The first-order valence-electron chi connectivity index (χ1n) is 5.25. The van der Waals surface area contributed by atoms with Gasteiger partial charge in [-0.25, -0.2) is 0 Å². The fourth-order valence-corrected chi connectivity index (χ4v) is 1.33. The van der Waals surface area contributed by atoms with Gasteiger partial charge in [0.15, 0.2) is 0 Å². The number of amides is 1. The van der Waals surface area contributed by atoms with Gasteiger partial charge in [-0.3, -0.25) is 9.59 Å². The van der Waals surface area contributed by atoms with Crippen LogP contribution in [-0.2, 0) is 11.8 Å². The molecule has 17 heavy (non-hydrogen) atoms. The predicted molar refractivity (Wildman–Crippen MR) is 63.9 cm³/mol. The minimum Gasteiger partial charge on any atom is -0.383 e. The number of carbonyl (C=O) groups excluding carboxylic acids is 1. The highest BCUT2D eigenvalue weighted by atomic mass is 16.5. The minimum absolute atomic E-state index is 0.228. The summed E-state index contributed by atoms with van der Waals surface area (Å²) in [5.41, 5.74) is 5.57. The Labute approximate surface area is 99.4 Å². The van der Waals surface area contributed by atoms with Crippen LogP contribution in [0.2, 0.25) is 0 Å². The summed E-state index contributed by atoms with van der Waals surface area (Å²) in [6, 6.07) is 2.61. The smallest absolute Gasteiger partial charge is 0.251 e. The van der Waals surface area contributed by atoms with E-state index in [1.807, 2.05) is 0 Å². The number of aromatic nitrogens is 1. The highest BCUT2D eigenvalue weighted by molar-refractivity contribution is 5.94. The van der Waals surface area contributed by atoms with Gasteiger partial charge in [0.1, 0.15) is 0 Å². The minimum atomic E-state index is -0.324. The van der Waals surface area contributed by atoms with Gasteiger partial charge < -0.3 is 20.4 Å². The van der Waals surface area contributed by atoms with E-state index in [4.69, 9.17) is 10.5 Å². The SMILES string of the molecule is COCC(CN)NC(=O)c1ccn(C)c(=O)c1. The molecular formula is C11H17N3O3. The van der Waals surface area contributed by atoms with E-state index in [9.17, 15) is 9.59 Å². The molecule has 0 aromatic carbocycles. The van der Waals surface area contributed by atoms with Crippen LogP contribution in [0, 0.1) is 0 Å². The first-order chi connectivity index (χ1) is 8.08. The van der Waals surface area contributed by atoms with Gasteiger partial charge in [0.2, 0.25) is 0 Å². The molecule has 0 aliphatic rings. The quantitative estimate of drug-likeness (QED) is 0.696. The molecule has 0 aliphatic heterocycles. The number of nitrogens with two attached hydrogens (primary N) is 1. The molecule has 1 amide bonds. The Bertz CT molecular complexity index is 442. The molecule has 1 rings (SSSR count). The van der Waals surface area contributed by atoms with Gasteiger partial charge in [-0.15, -0.1) is 0 Å². The number of nitrogens with one attached hydrogen (secondary N) is 1. The van der Waals surface area contributed by atoms with Crippen LogP contribution >= 0.6 is 0 Å². The molecule has 1 heterocycles. The average molecular weight is 239 g/mol. The number of rotatable bonds is 5. The molecule has 0 saturated carbocycles. The molecule has 0 fully saturated rings. The van der Waals surface area contributed by atoms with Crippen molar-refractivity contribution in [2.75, 3.05) is 20.3 Å². The summed E-state index contributed by atoms with van der Waals surface area (Å²) in [4.78, 5) is 23.1. The summed E-state index contributed by atoms with van der Waals surface area (Å²) in [7, 11) is 3.16. The van der Waals surface area contributed by atoms with Crippen LogP contribution in [0.15, 0.2) is 23.1 Å². The number of methoxy groups -OCH3 is 1. The molecule has 6 heteroatoms. The lowest BCUT2D eigenvalue weighted by atomic mass is 10.2. The lowest BCUT2D eigenvalue weighted by molar-refractivity contribution is 0.0900. The standard InChI is InChI=1S/C11H17N3O3/c1-14-4-3-8(5-10(14)15)11(16)13-9(6-12)7-17-2/h3-5,9H,6-7,12H2,1-2H3,(H,13,16). The molecule has 0 radical (unpaired) electrons. The second kappa shape index (κ2) is 6.17. The van der Waals surface area contributed by atoms with Crippen molar-refractivity contribution >= 4 is 5.91 Å². The molecule has 0 bridgehead atoms. The number of carbonyl (C=O) groups is 1. The number of hydrogen-bond donors (Lipinski definition) is 2. The molecule has 0 aliphatic carbocycles. The average Bonchev–Trinajstić information content (AvgIpc) is 2.31. The molecule has 1 unspecified atom stereocenters. The van der Waals surface area contributed by atoms with Crippen LogP contribution < -0.4 is 16.6 Å². The maximum absolute atomic E-state index is 11.8. The van der Waals surface area contributed by atoms with Gasteiger partial charge in [0, 0.05) is 38.5 Å². The Morgan fingerprint density at radius 1 is 1.65 bits per heavy atom. The van der Waals surface area contributed by atoms with Crippen molar-refractivity contribution in [3.63, 3.8) is 0 Å². The van der Waals surface area contributed by atoms with Crippen LogP contribution in [0.1, 0.15) is 10.4 Å². The maximum Gasteiger partial charge on any atom is 0.251 e. The van der Waals surface area contributed by atoms with Crippen molar-refractivity contribution in [3.8, 4) is 0 Å². The van der Waals surface area contributed by atoms with Gasteiger partial charge >= 0.3 is 0 Å². The Kier molecular flexibility index (Phi) is 4.86. The Balaban J connectivity index is 2.75. The van der Waals surface area contributed by atoms with E-state index in [1.54, 1.807) is 19.3 Å². The number of ether oxygens (including phenoxy) is 1. The van der Waals surface area contributed by atoms with E-state index in [2.05, 4.69) is 5.32 Å². The first-order valence-corrected chi connectivity index (χ1v) is 5.25. The second-order valence-corrected chi connectivity index (χ2v) is 3.73. The third kappa shape index (κ3) is 3.69. The van der Waals surface area contributed by atoms with Crippen LogP contribution in [0.5, 0.6) is 0 Å². The lowest BCUT2D eigenvalue weighted by Gasteiger charge is -2.15. The Morgan fingerprint density at radius 3 is 2.88 bits per heavy atom. The van der Waals surface area contributed by atoms with Crippen LogP contribution in [0.4, 0.5) is 0 Å². The summed E-state index contributed by atoms with van der Waals surface area (Å²) in [5, 5.41) is 2.69. The largest absolute Gasteiger partial charge is 0.383 e. The van der Waals surface area contributed by atoms with Crippen molar-refractivity contribution in [3.05, 3.63) is 34.2 Å². The topological polar surface area (TPSA) is 86.3 Å². The molecular weight excluding hydrogens is 222 g/mol. The lowest BCUT2D eigenvalue weighted by Crippen LogP contribution is -2.43. The van der Waals surface area contributed by atoms with Crippen molar-refractivity contribution in [1.29, 1.82) is 0 Å². The number of aryl methyl sites for hydroxylation is 1. The van der Waals surface area contributed by atoms with Gasteiger partial charge in [0.05, 0.1) is 12.6 Å². The summed E-state index contributed by atoms with van der Waals surface area (Å²) in [5.74, 6) is -0.324. The van der Waals surface area contributed by atoms with E-state index < -0.39 is 0 Å². The van der Waals surface area contributed by atoms with Gasteiger partial charge in [-0.05, 0) is 6.07 Å². The fraction of sp³-hybridized carbons (Fsp3) is 0.455. The van der Waals surface area contributed by atoms with Crippen molar-refractivity contribution in [2.45, 2.75) is 6.04 Å². The highest BCUT2D eigenvalue weighted by Gasteiger charge is 2.12. The first kappa shape index (κ1) is 13.4. The normalized spacial score (nSPS) is 12.2. The highest BCUT2D eigenvalue weighted by Crippen LogP contribution is 1.95. The predicted octanol–water partition coefficient (Wildman–Crippen LogP) is -0.911. The van der Waals surface area contributed by atoms with Crippen molar-refractivity contribution < 1.29 is 9.53 Å². The van der Waals surface area contributed by atoms with Gasteiger partial charge in [-0.2, -0.15) is 0 Å². The van der Waals surface area contributed by atoms with Crippen LogP contribution in [0.25, 0.3) is 0 Å². The van der Waals surface area contributed by atoms with Crippen molar-refractivity contribution in [1.82, 2.24) is 9.88 Å². The van der Waals surface area contributed by atoms with Gasteiger partial charge in [0.25, 0.3) is 11.5 Å². The summed E-state index contributed by atoms with van der Waals surface area (Å²) < 4.78 is 6.31. The fourth-order valence-electron chi connectivity index (χ4n) is 1.33. The molecule has 0 spiro atoms. The van der Waals surface area contributed by atoms with E-state index in [-0.39, 0.29) is 24.1 Å². The zero-order valence-electron chi connectivity index (χ0n) is 9.97. The number of nitrogens with zero attached hydrogens (tertiary/aromatic N) is 1. The third-order valence-electron chi connectivity index (χ3n) is 2.35.